The highest BCUT2D eigenvalue weighted by Gasteiger charge is 2.47. The summed E-state index contributed by atoms with van der Waals surface area (Å²) >= 11 is 0. The Labute approximate surface area is 223 Å². The zero-order valence-corrected chi connectivity index (χ0v) is 23.2. The minimum absolute atomic E-state index is 0.0571. The molecule has 2 rings (SSSR count). The largest absolute Gasteiger partial charge is 0.511 e. The molecule has 0 unspecified atom stereocenters. The van der Waals surface area contributed by atoms with Crippen LogP contribution in [0.3, 0.4) is 0 Å². The number of esters is 2. The molecular weight excluding hydrogens is 492 g/mol. The van der Waals surface area contributed by atoms with Crippen molar-refractivity contribution in [1.82, 2.24) is 0 Å². The van der Waals surface area contributed by atoms with Crippen LogP contribution in [0.1, 0.15) is 66.2 Å². The number of allylic oxidation sites excluding steroid dienone is 2. The van der Waals surface area contributed by atoms with Crippen LogP contribution in [0.4, 0.5) is 0 Å². The highest BCUT2D eigenvalue weighted by Crippen LogP contribution is 2.42. The van der Waals surface area contributed by atoms with Crippen molar-refractivity contribution in [3.8, 4) is 0 Å². The second-order valence-electron chi connectivity index (χ2n) is 11.2. The molecule has 0 spiro atoms. The molecule has 0 aromatic heterocycles. The predicted molar refractivity (Wildman–Crippen MR) is 142 cm³/mol. The number of aliphatic imine (C=N–C) groups is 2. The number of aliphatic hydroxyl groups is 2. The first-order valence-electron chi connectivity index (χ1n) is 12.9. The maximum Gasteiger partial charge on any atom is 0.316 e. The topological polar surface area (TPSA) is 152 Å². The van der Waals surface area contributed by atoms with Crippen LogP contribution in [0.15, 0.2) is 32.6 Å². The van der Waals surface area contributed by atoms with Crippen LogP contribution in [-0.4, -0.2) is 73.5 Å². The van der Waals surface area contributed by atoms with E-state index in [-0.39, 0.29) is 47.1 Å². The van der Waals surface area contributed by atoms with Gasteiger partial charge in [-0.3, -0.25) is 29.2 Å². The van der Waals surface area contributed by atoms with Gasteiger partial charge in [-0.15, -0.1) is 0 Å². The second-order valence-corrected chi connectivity index (χ2v) is 11.2. The zero-order valence-electron chi connectivity index (χ0n) is 23.2. The minimum atomic E-state index is -0.911. The normalized spacial score (nSPS) is 23.4. The summed E-state index contributed by atoms with van der Waals surface area (Å²) in [5, 5.41) is 21.1. The number of Topliss-reactive ketones (excluding diaryl/α,β-unsaturated/α-hetero) is 2. The molecule has 210 valence electrons. The van der Waals surface area contributed by atoms with E-state index in [0.29, 0.717) is 13.1 Å². The molecule has 0 aromatic carbocycles. The van der Waals surface area contributed by atoms with Gasteiger partial charge in [0.1, 0.15) is 23.4 Å². The molecule has 38 heavy (non-hydrogen) atoms. The van der Waals surface area contributed by atoms with Crippen molar-refractivity contribution in [3.05, 3.63) is 22.7 Å². The van der Waals surface area contributed by atoms with Crippen LogP contribution in [0.2, 0.25) is 0 Å². The summed E-state index contributed by atoms with van der Waals surface area (Å²) in [6.45, 7) is 7.89. The Morgan fingerprint density at radius 1 is 0.763 bits per heavy atom. The van der Waals surface area contributed by atoms with Crippen molar-refractivity contribution in [2.75, 3.05) is 27.3 Å². The molecule has 0 saturated carbocycles. The number of hydrogen-bond acceptors (Lipinski definition) is 10. The van der Waals surface area contributed by atoms with Gasteiger partial charge in [0.15, 0.2) is 11.6 Å². The number of nitrogens with zero attached hydrogens (tertiary/aromatic N) is 2. The fourth-order valence-electron chi connectivity index (χ4n) is 5.00. The summed E-state index contributed by atoms with van der Waals surface area (Å²) in [7, 11) is 2.50. The van der Waals surface area contributed by atoms with Crippen molar-refractivity contribution in [2.24, 2.45) is 32.7 Å². The van der Waals surface area contributed by atoms with E-state index in [2.05, 4.69) is 9.98 Å². The Morgan fingerprint density at radius 3 is 1.42 bits per heavy atom. The molecule has 2 aliphatic rings. The van der Waals surface area contributed by atoms with E-state index in [0.717, 1.165) is 25.7 Å². The molecule has 0 saturated heterocycles. The van der Waals surface area contributed by atoms with E-state index in [9.17, 15) is 29.4 Å². The third-order valence-electron chi connectivity index (χ3n) is 7.13. The molecule has 0 heterocycles. The monoisotopic (exact) mass is 532 g/mol. The lowest BCUT2D eigenvalue weighted by atomic mass is 9.68. The molecule has 0 fully saturated rings. The average molecular weight is 533 g/mol. The minimum Gasteiger partial charge on any atom is -0.511 e. The third kappa shape index (κ3) is 7.17. The lowest BCUT2D eigenvalue weighted by Crippen LogP contribution is -2.40. The number of methoxy groups -OCH3 is 2. The highest BCUT2D eigenvalue weighted by molar-refractivity contribution is 6.16. The highest BCUT2D eigenvalue weighted by atomic mass is 16.5. The van der Waals surface area contributed by atoms with Gasteiger partial charge in [0.25, 0.3) is 0 Å². The van der Waals surface area contributed by atoms with Gasteiger partial charge in [0.05, 0.1) is 25.4 Å². The molecule has 2 N–H and O–H groups in total. The number of hydrogen-bond donors (Lipinski definition) is 2. The van der Waals surface area contributed by atoms with E-state index in [1.165, 1.54) is 26.6 Å². The maximum absolute atomic E-state index is 12.5. The standard InChI is InChI=1S/C28H40N2O8/c1-27(2)13-19(31)17(23(33)21(27)25(35)37-5)15-29-11-9-7-8-10-12-30-16-18-20(32)14-28(3,4)22(24(18)34)26(36)38-6/h15-16,21-22,33-34H,7-14H2,1-6H3/t21-,22-/m0/s1. The van der Waals surface area contributed by atoms with Crippen molar-refractivity contribution in [3.63, 3.8) is 0 Å². The van der Waals surface area contributed by atoms with E-state index < -0.39 is 34.6 Å². The fraction of sp³-hybridized carbons (Fsp3) is 0.643. The van der Waals surface area contributed by atoms with Gasteiger partial charge in [0, 0.05) is 38.4 Å². The van der Waals surface area contributed by atoms with Crippen LogP contribution in [0.5, 0.6) is 0 Å². The van der Waals surface area contributed by atoms with Gasteiger partial charge in [0.2, 0.25) is 0 Å². The second kappa shape index (κ2) is 13.0. The van der Waals surface area contributed by atoms with Crippen molar-refractivity contribution < 1.29 is 38.9 Å². The number of ether oxygens (including phenoxy) is 2. The van der Waals surface area contributed by atoms with Crippen LogP contribution in [0, 0.1) is 22.7 Å². The van der Waals surface area contributed by atoms with Crippen LogP contribution in [0.25, 0.3) is 0 Å². The first-order chi connectivity index (χ1) is 17.8. The van der Waals surface area contributed by atoms with E-state index in [1.807, 2.05) is 0 Å². The number of aliphatic hydroxyl groups excluding tert-OH is 2. The molecule has 10 heteroatoms. The summed E-state index contributed by atoms with van der Waals surface area (Å²) in [6.07, 6.45) is 6.14. The summed E-state index contributed by atoms with van der Waals surface area (Å²) in [5.74, 6) is -4.09. The first kappa shape index (κ1) is 30.9. The number of ketones is 2. The molecular formula is C28H40N2O8. The molecule has 0 amide bonds. The number of carbonyl (C=O) groups excluding carboxylic acids is 4. The SMILES string of the molecule is COC(=O)[C@@H]1C(O)=C(C=NCCCCCCN=CC2=C(O)[C@@H](C(=O)OC)C(C)(C)CC2=O)C(=O)CC1(C)C. The Morgan fingerprint density at radius 2 is 1.11 bits per heavy atom. The smallest absolute Gasteiger partial charge is 0.316 e. The van der Waals surface area contributed by atoms with Gasteiger partial charge in [-0.25, -0.2) is 0 Å². The number of rotatable bonds is 11. The number of carbonyl (C=O) groups is 4. The Bertz CT molecular complexity index is 981. The Kier molecular flexibility index (Phi) is 10.6. The summed E-state index contributed by atoms with van der Waals surface area (Å²) in [4.78, 5) is 57.7. The summed E-state index contributed by atoms with van der Waals surface area (Å²) in [6, 6.07) is 0. The lowest BCUT2D eigenvalue weighted by Gasteiger charge is -2.35. The first-order valence-corrected chi connectivity index (χ1v) is 12.9. The van der Waals surface area contributed by atoms with E-state index in [4.69, 9.17) is 9.47 Å². The summed E-state index contributed by atoms with van der Waals surface area (Å²) in [5.41, 5.74) is -1.37. The lowest BCUT2D eigenvalue weighted by molar-refractivity contribution is -0.151. The molecule has 0 aliphatic heterocycles. The van der Waals surface area contributed by atoms with Crippen LogP contribution in [-0.2, 0) is 28.7 Å². The number of unbranched alkanes of at least 4 members (excludes halogenated alkanes) is 3. The van der Waals surface area contributed by atoms with Gasteiger partial charge in [-0.05, 0) is 23.7 Å². The van der Waals surface area contributed by atoms with Gasteiger partial charge in [-0.2, -0.15) is 0 Å². The van der Waals surface area contributed by atoms with E-state index in [1.54, 1.807) is 27.7 Å². The Balaban J connectivity index is 1.83. The molecule has 0 aromatic rings. The predicted octanol–water partition coefficient (Wildman–Crippen LogP) is 3.89. The van der Waals surface area contributed by atoms with Crippen molar-refractivity contribution in [1.29, 1.82) is 0 Å². The maximum atomic E-state index is 12.5. The molecule has 2 atom stereocenters. The average Bonchev–Trinajstić information content (AvgIpc) is 2.81. The zero-order chi connectivity index (χ0) is 28.7. The molecule has 10 nitrogen and oxygen atoms in total. The fourth-order valence-corrected chi connectivity index (χ4v) is 5.00. The molecule has 2 aliphatic carbocycles. The summed E-state index contributed by atoms with van der Waals surface area (Å²) < 4.78 is 9.60. The van der Waals surface area contributed by atoms with E-state index >= 15 is 0 Å². The third-order valence-corrected chi connectivity index (χ3v) is 7.13. The van der Waals surface area contributed by atoms with Gasteiger partial charge in [-0.1, -0.05) is 40.5 Å². The van der Waals surface area contributed by atoms with Crippen LogP contribution < -0.4 is 0 Å². The Hall–Kier alpha value is -3.30. The van der Waals surface area contributed by atoms with Crippen LogP contribution >= 0.6 is 0 Å². The molecule has 0 radical (unpaired) electrons. The van der Waals surface area contributed by atoms with Crippen molar-refractivity contribution >= 4 is 35.9 Å². The van der Waals surface area contributed by atoms with Crippen molar-refractivity contribution in [2.45, 2.75) is 66.2 Å². The van der Waals surface area contributed by atoms with Gasteiger partial charge >= 0.3 is 11.9 Å². The van der Waals surface area contributed by atoms with Gasteiger partial charge < -0.3 is 19.7 Å². The molecule has 0 bridgehead atoms. The quantitative estimate of drug-likeness (QED) is 0.231.